The summed E-state index contributed by atoms with van der Waals surface area (Å²) >= 11 is 2.17. The van der Waals surface area contributed by atoms with Crippen molar-refractivity contribution in [3.05, 3.63) is 116 Å². The Labute approximate surface area is 262 Å². The van der Waals surface area contributed by atoms with Crippen LogP contribution in [0.25, 0.3) is 5.57 Å². The summed E-state index contributed by atoms with van der Waals surface area (Å²) in [5.74, 6) is 2.40. The zero-order valence-corrected chi connectivity index (χ0v) is 29.4. The number of allylic oxidation sites excluding steroid dienone is 3. The summed E-state index contributed by atoms with van der Waals surface area (Å²) in [5.41, 5.74) is 10.6. The van der Waals surface area contributed by atoms with E-state index in [1.807, 2.05) is 11.3 Å². The first kappa shape index (κ1) is 33.1. The first-order valence-corrected chi connectivity index (χ1v) is 21.3. The van der Waals surface area contributed by atoms with Gasteiger partial charge in [0.2, 0.25) is 0 Å². The maximum absolute atomic E-state index is 4.97. The monoisotopic (exact) mass is 652 g/mol. The van der Waals surface area contributed by atoms with Crippen LogP contribution in [0.15, 0.2) is 76.7 Å². The maximum atomic E-state index is 4.97. The van der Waals surface area contributed by atoms with Gasteiger partial charge in [-0.25, -0.2) is 0 Å². The Kier molecular flexibility index (Phi) is 12.4. The molecule has 0 nitrogen and oxygen atoms in total. The predicted octanol–water partition coefficient (Wildman–Crippen LogP) is 12.1. The second-order valence-corrected chi connectivity index (χ2v) is 20.9. The fraction of sp³-hybridized carbons (Fsp3) is 0.364. The number of hydrogen-bond acceptors (Lipinski definition) is 2. The quantitative estimate of drug-likeness (QED) is 0.196. The van der Waals surface area contributed by atoms with E-state index >= 15 is 0 Å². The topological polar surface area (TPSA) is 0 Å². The Morgan fingerprint density at radius 2 is 1.41 bits per heavy atom. The van der Waals surface area contributed by atoms with Crippen LogP contribution in [0.5, 0.6) is 0 Å². The third kappa shape index (κ3) is 7.50. The van der Waals surface area contributed by atoms with E-state index in [0.29, 0.717) is 0 Å². The zero-order valence-electron chi connectivity index (χ0n) is 23.9. The standard InChI is InChI=1S/C16H20S.C16H16S.CH3.3ClH.Ti/c2*1-10-9-14-11(2)12(3)17-16(14)15(10)13-7-5-4-6-8-13;;;;;/h4-8,10,14-16H,9H2,1-3H3;4-8H,9H2,1-3H3;1H3;3*1H;/q;;-1;;;;+4/p-3. The molecule has 39 heavy (non-hydrogen) atoms. The molecule has 0 N–H and O–H groups in total. The van der Waals surface area contributed by atoms with E-state index in [1.54, 1.807) is 21.6 Å². The van der Waals surface area contributed by atoms with Gasteiger partial charge in [-0.05, 0) is 97.9 Å². The average Bonchev–Trinajstić information content (AvgIpc) is 3.55. The molecule has 0 bridgehead atoms. The summed E-state index contributed by atoms with van der Waals surface area (Å²) in [5, 5.41) is 0.799. The zero-order chi connectivity index (χ0) is 27.6. The number of aryl methyl sites for hydroxylation is 1. The molecule has 2 aromatic carbocycles. The van der Waals surface area contributed by atoms with Crippen LogP contribution in [0.1, 0.15) is 72.0 Å². The van der Waals surface area contributed by atoms with Crippen LogP contribution in [0.2, 0.25) is 0 Å². The molecule has 1 fully saturated rings. The number of halogens is 3. The van der Waals surface area contributed by atoms with Crippen molar-refractivity contribution < 1.29 is 14.7 Å². The normalized spacial score (nSPS) is 22.8. The van der Waals surface area contributed by atoms with Gasteiger partial charge in [0.25, 0.3) is 0 Å². The predicted molar refractivity (Wildman–Crippen MR) is 176 cm³/mol. The summed E-state index contributed by atoms with van der Waals surface area (Å²) in [6, 6.07) is 21.9. The van der Waals surface area contributed by atoms with Gasteiger partial charge < -0.3 is 7.43 Å². The van der Waals surface area contributed by atoms with Crippen LogP contribution in [0.3, 0.4) is 0 Å². The van der Waals surface area contributed by atoms with E-state index in [-0.39, 0.29) is 7.43 Å². The summed E-state index contributed by atoms with van der Waals surface area (Å²) in [6.07, 6.45) is 2.51. The van der Waals surface area contributed by atoms with Gasteiger partial charge in [0.15, 0.2) is 0 Å². The Hall–Kier alpha value is -0.446. The molecule has 3 aromatic rings. The van der Waals surface area contributed by atoms with Gasteiger partial charge in [0, 0.05) is 15.0 Å². The summed E-state index contributed by atoms with van der Waals surface area (Å²) < 4.78 is 0. The molecule has 0 amide bonds. The molecule has 0 radical (unpaired) electrons. The minimum absolute atomic E-state index is 0. The third-order valence-electron chi connectivity index (χ3n) is 8.27. The molecule has 2 aliphatic carbocycles. The molecule has 4 unspecified atom stereocenters. The van der Waals surface area contributed by atoms with E-state index < -0.39 is 14.7 Å². The molecule has 6 rings (SSSR count). The molecule has 208 valence electrons. The van der Waals surface area contributed by atoms with Crippen molar-refractivity contribution in [3.8, 4) is 0 Å². The fourth-order valence-electron chi connectivity index (χ4n) is 6.20. The van der Waals surface area contributed by atoms with Crippen molar-refractivity contribution in [1.82, 2.24) is 0 Å². The van der Waals surface area contributed by atoms with Crippen LogP contribution >= 0.6 is 51.0 Å². The molecule has 1 aliphatic heterocycles. The Morgan fingerprint density at radius 1 is 0.846 bits per heavy atom. The van der Waals surface area contributed by atoms with Gasteiger partial charge >= 0.3 is 42.6 Å². The van der Waals surface area contributed by atoms with Crippen molar-refractivity contribution in [2.24, 2.45) is 11.8 Å². The number of hydrogen-bond donors (Lipinski definition) is 0. The van der Waals surface area contributed by atoms with E-state index in [2.05, 4.69) is 114 Å². The van der Waals surface area contributed by atoms with Gasteiger partial charge in [-0.15, -0.1) is 23.1 Å². The molecule has 2 heterocycles. The first-order chi connectivity index (χ1) is 18.1. The first-order valence-electron chi connectivity index (χ1n) is 13.2. The van der Waals surface area contributed by atoms with Gasteiger partial charge in [-0.3, -0.25) is 0 Å². The van der Waals surface area contributed by atoms with Crippen molar-refractivity contribution in [1.29, 1.82) is 0 Å². The average molecular weight is 654 g/mol. The summed E-state index contributed by atoms with van der Waals surface area (Å²) in [7, 11) is 14.9. The van der Waals surface area contributed by atoms with Gasteiger partial charge in [0.05, 0.1) is 0 Å². The van der Waals surface area contributed by atoms with Crippen molar-refractivity contribution in [3.63, 3.8) is 0 Å². The summed E-state index contributed by atoms with van der Waals surface area (Å²) in [4.78, 5) is 4.55. The Morgan fingerprint density at radius 3 is 2.00 bits per heavy atom. The second-order valence-electron chi connectivity index (χ2n) is 10.6. The van der Waals surface area contributed by atoms with Gasteiger partial charge in [-0.1, -0.05) is 78.7 Å². The van der Waals surface area contributed by atoms with Crippen molar-refractivity contribution >= 4 is 56.6 Å². The molecular weight excluding hydrogens is 615 g/mol. The molecule has 4 atom stereocenters. The molecule has 0 spiro atoms. The second kappa shape index (κ2) is 14.6. The van der Waals surface area contributed by atoms with Gasteiger partial charge in [0.1, 0.15) is 0 Å². The molecule has 1 saturated carbocycles. The van der Waals surface area contributed by atoms with E-state index in [4.69, 9.17) is 27.9 Å². The molecule has 0 saturated heterocycles. The number of fused-ring (bicyclic) bond motifs is 2. The SMILES string of the molecule is CC1=C(C)C2CC(C)C(c3ccccc3)C2S1.CC1=C(c2ccccc2)c2sc(C)c(C)c2C1.[CH3-].[Cl][Ti+]([Cl])[Cl]. The molecule has 6 heteroatoms. The molecule has 3 aliphatic rings. The van der Waals surface area contributed by atoms with Crippen molar-refractivity contribution in [2.45, 2.75) is 65.6 Å². The number of thioether (sulfide) groups is 1. The summed E-state index contributed by atoms with van der Waals surface area (Å²) in [6.45, 7) is 13.8. The van der Waals surface area contributed by atoms with Crippen molar-refractivity contribution in [2.75, 3.05) is 0 Å². The van der Waals surface area contributed by atoms with Crippen LogP contribution in [0, 0.1) is 33.1 Å². The number of benzene rings is 2. The van der Waals surface area contributed by atoms with E-state index in [1.165, 1.54) is 38.4 Å². The minimum atomic E-state index is -1.92. The Bertz CT molecular complexity index is 1310. The molecular formula is C33H39Cl3S2Ti. The van der Waals surface area contributed by atoms with E-state index in [9.17, 15) is 0 Å². The van der Waals surface area contributed by atoms with Gasteiger partial charge in [-0.2, -0.15) is 0 Å². The van der Waals surface area contributed by atoms with Crippen LogP contribution in [0.4, 0.5) is 0 Å². The van der Waals surface area contributed by atoms with Crippen LogP contribution < -0.4 is 0 Å². The number of thiophene rings is 1. The van der Waals surface area contributed by atoms with Crippen LogP contribution in [-0.2, 0) is 21.1 Å². The van der Waals surface area contributed by atoms with E-state index in [0.717, 1.165) is 29.4 Å². The number of rotatable bonds is 2. The fourth-order valence-corrected chi connectivity index (χ4v) is 9.33. The molecule has 1 aromatic heterocycles. The Balaban J connectivity index is 0.000000186. The third-order valence-corrected chi connectivity index (χ3v) is 11.1. The van der Waals surface area contributed by atoms with Crippen LogP contribution in [-0.4, -0.2) is 5.25 Å².